The lowest BCUT2D eigenvalue weighted by Gasteiger charge is -2.11. The molecule has 10 nitrogen and oxygen atoms in total. The molecule has 5 rings (SSSR count). The van der Waals surface area contributed by atoms with Crippen LogP contribution in [0.1, 0.15) is 5.56 Å². The first kappa shape index (κ1) is 22.0. The monoisotopic (exact) mass is 473 g/mol. The predicted octanol–water partition coefficient (Wildman–Crippen LogP) is 4.30. The molecule has 0 radical (unpaired) electrons. The van der Waals surface area contributed by atoms with Crippen LogP contribution in [0.25, 0.3) is 33.8 Å². The van der Waals surface area contributed by atoms with Crippen molar-refractivity contribution in [3.05, 3.63) is 72.7 Å². The molecule has 176 valence electrons. The average molecular weight is 473 g/mol. The van der Waals surface area contributed by atoms with Crippen molar-refractivity contribution in [1.82, 2.24) is 29.3 Å². The van der Waals surface area contributed by atoms with Crippen LogP contribution in [0.4, 0.5) is 15.0 Å². The number of aromatic nitrogens is 6. The molecule has 3 aromatic heterocycles. The summed E-state index contributed by atoms with van der Waals surface area (Å²) in [4.78, 5) is 24.7. The first-order valence-corrected chi connectivity index (χ1v) is 10.5. The number of fused-ring (bicyclic) bond motifs is 1. The third-order valence-corrected chi connectivity index (χ3v) is 5.47. The molecule has 35 heavy (non-hydrogen) atoms. The van der Waals surface area contributed by atoms with Gasteiger partial charge in [-0.2, -0.15) is 5.10 Å². The third kappa shape index (κ3) is 4.03. The van der Waals surface area contributed by atoms with Gasteiger partial charge in [0.2, 0.25) is 0 Å². The number of carbonyl (C=O) groups excluding carboxylic acids is 1. The SMILES string of the molecule is COC(=O)Nc1ccc(-n2cnc3c(C)cc(-c4ncnn4-c4ccc(F)c(OC)c4)cc32)cn1. The van der Waals surface area contributed by atoms with Crippen molar-refractivity contribution in [3.8, 4) is 28.5 Å². The van der Waals surface area contributed by atoms with Crippen LogP contribution in [-0.4, -0.2) is 49.6 Å². The highest BCUT2D eigenvalue weighted by Crippen LogP contribution is 2.30. The van der Waals surface area contributed by atoms with Gasteiger partial charge in [0.25, 0.3) is 0 Å². The lowest BCUT2D eigenvalue weighted by atomic mass is 10.1. The van der Waals surface area contributed by atoms with Gasteiger partial charge in [-0.25, -0.2) is 28.8 Å². The van der Waals surface area contributed by atoms with Gasteiger partial charge in [-0.3, -0.25) is 9.88 Å². The van der Waals surface area contributed by atoms with Gasteiger partial charge in [-0.15, -0.1) is 0 Å². The smallest absolute Gasteiger partial charge is 0.412 e. The molecule has 5 aromatic rings. The zero-order valence-corrected chi connectivity index (χ0v) is 19.1. The van der Waals surface area contributed by atoms with Crippen molar-refractivity contribution in [2.24, 2.45) is 0 Å². The number of carbonyl (C=O) groups is 1. The molecule has 1 N–H and O–H groups in total. The maximum absolute atomic E-state index is 13.9. The van der Waals surface area contributed by atoms with Crippen LogP contribution in [0.5, 0.6) is 5.75 Å². The van der Waals surface area contributed by atoms with Crippen LogP contribution in [-0.2, 0) is 4.74 Å². The molecule has 0 atom stereocenters. The van der Waals surface area contributed by atoms with Crippen LogP contribution in [0.3, 0.4) is 0 Å². The second-order valence-corrected chi connectivity index (χ2v) is 7.61. The van der Waals surface area contributed by atoms with Crippen LogP contribution >= 0.6 is 0 Å². The topological polar surface area (TPSA) is 109 Å². The van der Waals surface area contributed by atoms with Gasteiger partial charge in [-0.05, 0) is 48.9 Å². The van der Waals surface area contributed by atoms with Crippen LogP contribution in [0.2, 0.25) is 0 Å². The van der Waals surface area contributed by atoms with Gasteiger partial charge < -0.3 is 9.47 Å². The number of nitrogens with one attached hydrogen (secondary N) is 1. The maximum Gasteiger partial charge on any atom is 0.412 e. The average Bonchev–Trinajstić information content (AvgIpc) is 3.53. The molecule has 0 unspecified atom stereocenters. The van der Waals surface area contributed by atoms with Gasteiger partial charge in [-0.1, -0.05) is 0 Å². The van der Waals surface area contributed by atoms with E-state index in [1.807, 2.05) is 29.7 Å². The molecule has 0 spiro atoms. The number of benzene rings is 2. The lowest BCUT2D eigenvalue weighted by Crippen LogP contribution is -2.12. The molecular formula is C24H20FN7O3. The van der Waals surface area contributed by atoms with Gasteiger partial charge >= 0.3 is 6.09 Å². The summed E-state index contributed by atoms with van der Waals surface area (Å²) in [5, 5.41) is 6.86. The van der Waals surface area contributed by atoms with E-state index in [-0.39, 0.29) is 5.75 Å². The highest BCUT2D eigenvalue weighted by Gasteiger charge is 2.16. The third-order valence-electron chi connectivity index (χ3n) is 5.47. The van der Waals surface area contributed by atoms with Crippen molar-refractivity contribution < 1.29 is 18.7 Å². The Kier molecular flexibility index (Phi) is 5.57. The second-order valence-electron chi connectivity index (χ2n) is 7.61. The Morgan fingerprint density at radius 3 is 2.60 bits per heavy atom. The number of imidazole rings is 1. The van der Waals surface area contributed by atoms with Gasteiger partial charge in [0, 0.05) is 11.6 Å². The molecule has 0 aliphatic heterocycles. The number of amides is 1. The summed E-state index contributed by atoms with van der Waals surface area (Å²) in [6.07, 6.45) is 4.18. The van der Waals surface area contributed by atoms with Crippen molar-refractivity contribution in [1.29, 1.82) is 0 Å². The molecule has 11 heteroatoms. The highest BCUT2D eigenvalue weighted by molar-refractivity contribution is 5.86. The Balaban J connectivity index is 1.57. The number of methoxy groups -OCH3 is 2. The van der Waals surface area contributed by atoms with Crippen LogP contribution < -0.4 is 10.1 Å². The minimum atomic E-state index is -0.596. The van der Waals surface area contributed by atoms with Crippen LogP contribution in [0.15, 0.2) is 61.3 Å². The number of aryl methyl sites for hydroxylation is 1. The predicted molar refractivity (Wildman–Crippen MR) is 126 cm³/mol. The fourth-order valence-electron chi connectivity index (χ4n) is 3.79. The minimum Gasteiger partial charge on any atom is -0.494 e. The molecule has 3 heterocycles. The molecule has 0 saturated heterocycles. The van der Waals surface area contributed by atoms with Crippen molar-refractivity contribution in [3.63, 3.8) is 0 Å². The van der Waals surface area contributed by atoms with E-state index in [0.29, 0.717) is 17.3 Å². The Labute approximate surface area is 199 Å². The summed E-state index contributed by atoms with van der Waals surface area (Å²) in [5.41, 5.74) is 4.76. The molecular weight excluding hydrogens is 453 g/mol. The second kappa shape index (κ2) is 8.86. The zero-order chi connectivity index (χ0) is 24.5. The highest BCUT2D eigenvalue weighted by atomic mass is 19.1. The van der Waals surface area contributed by atoms with E-state index in [2.05, 4.69) is 30.1 Å². The fourth-order valence-corrected chi connectivity index (χ4v) is 3.79. The van der Waals surface area contributed by atoms with Gasteiger partial charge in [0.15, 0.2) is 17.4 Å². The van der Waals surface area contributed by atoms with E-state index < -0.39 is 11.9 Å². The zero-order valence-electron chi connectivity index (χ0n) is 19.1. The number of nitrogens with zero attached hydrogens (tertiary/aromatic N) is 6. The Morgan fingerprint density at radius 1 is 1.03 bits per heavy atom. The number of rotatable bonds is 5. The first-order chi connectivity index (χ1) is 17.0. The number of anilines is 1. The van der Waals surface area contributed by atoms with Gasteiger partial charge in [0.05, 0.1) is 42.8 Å². The van der Waals surface area contributed by atoms with E-state index in [1.54, 1.807) is 35.4 Å². The van der Waals surface area contributed by atoms with E-state index >= 15 is 0 Å². The lowest BCUT2D eigenvalue weighted by molar-refractivity contribution is 0.187. The largest absolute Gasteiger partial charge is 0.494 e. The number of hydrogen-bond acceptors (Lipinski definition) is 7. The summed E-state index contributed by atoms with van der Waals surface area (Å²) in [5.74, 6) is 0.601. The van der Waals surface area contributed by atoms with E-state index in [1.165, 1.54) is 26.6 Å². The number of pyridine rings is 1. The summed E-state index contributed by atoms with van der Waals surface area (Å²) >= 11 is 0. The number of ether oxygens (including phenoxy) is 2. The first-order valence-electron chi connectivity index (χ1n) is 10.5. The molecule has 0 saturated carbocycles. The molecule has 1 amide bonds. The van der Waals surface area contributed by atoms with Crippen molar-refractivity contribution in [2.45, 2.75) is 6.92 Å². The van der Waals surface area contributed by atoms with E-state index in [0.717, 1.165) is 27.8 Å². The quantitative estimate of drug-likeness (QED) is 0.405. The van der Waals surface area contributed by atoms with E-state index in [4.69, 9.17) is 4.74 Å². The van der Waals surface area contributed by atoms with Crippen molar-refractivity contribution >= 4 is 22.9 Å². The summed E-state index contributed by atoms with van der Waals surface area (Å²) < 4.78 is 27.1. The minimum absolute atomic E-state index is 0.117. The molecule has 0 aliphatic carbocycles. The summed E-state index contributed by atoms with van der Waals surface area (Å²) in [7, 11) is 2.70. The van der Waals surface area contributed by atoms with Crippen LogP contribution in [0, 0.1) is 12.7 Å². The number of hydrogen-bond donors (Lipinski definition) is 1. The standard InChI is InChI=1S/C24H20FN7O3/c1-14-8-15(23-27-12-29-32(23)16-4-6-18(25)20(10-16)34-2)9-19-22(14)28-13-31(19)17-5-7-21(26-11-17)30-24(33)35-3/h4-13H,1-3H3,(H,26,30,33). The van der Waals surface area contributed by atoms with Crippen molar-refractivity contribution in [2.75, 3.05) is 19.5 Å². The van der Waals surface area contributed by atoms with Gasteiger partial charge in [0.1, 0.15) is 18.5 Å². The Hall–Kier alpha value is -4.80. The van der Waals surface area contributed by atoms with E-state index in [9.17, 15) is 9.18 Å². The normalized spacial score (nSPS) is 11.0. The Bertz CT molecular complexity index is 1540. The molecule has 0 fully saturated rings. The summed E-state index contributed by atoms with van der Waals surface area (Å²) in [6.45, 7) is 1.96. The molecule has 0 aliphatic rings. The fraction of sp³-hybridized carbons (Fsp3) is 0.125. The Morgan fingerprint density at radius 2 is 1.86 bits per heavy atom. The number of halogens is 1. The maximum atomic E-state index is 13.9. The molecule has 2 aromatic carbocycles. The summed E-state index contributed by atoms with van der Waals surface area (Å²) in [6, 6.07) is 11.9. The molecule has 0 bridgehead atoms.